The van der Waals surface area contributed by atoms with Crippen molar-refractivity contribution in [3.05, 3.63) is 273 Å². The first kappa shape index (κ1) is 39.3. The molecule has 0 N–H and O–H groups in total. The van der Waals surface area contributed by atoms with Crippen molar-refractivity contribution in [2.24, 2.45) is 0 Å². The molecule has 11 aromatic carbocycles. The largest absolute Gasteiger partial charge is 0.311 e. The highest BCUT2D eigenvalue weighted by atomic mass is 15.1. The Morgan fingerprint density at radius 1 is 0.200 bits per heavy atom. The van der Waals surface area contributed by atoms with Crippen LogP contribution in [0, 0.1) is 0 Å². The average molecular weight is 828 g/mol. The second kappa shape index (κ2) is 17.7. The molecule has 65 heavy (non-hydrogen) atoms. The molecular formula is C64H45N. The molecule has 0 aliphatic carbocycles. The van der Waals surface area contributed by atoms with Gasteiger partial charge in [-0.25, -0.2) is 0 Å². The molecule has 11 rings (SSSR count). The van der Waals surface area contributed by atoms with E-state index in [2.05, 4.69) is 278 Å². The normalized spacial score (nSPS) is 11.1. The standard InChI is InChI=1S/C64H45N/c1-5-17-46(18-6-1)48-31-37-57(38-32-48)65(59-41-35-52(36-42-59)61-30-16-26-50-23-13-14-29-60(50)61)58-39-33-49(34-40-58)54-27-15-28-55(43-54)63-45-56(47-19-7-2-8-20-47)44-62(51-21-9-3-10-22-51)64(63)53-24-11-4-12-25-53/h1-45H. The van der Waals surface area contributed by atoms with Gasteiger partial charge in [-0.15, -0.1) is 0 Å². The second-order valence-corrected chi connectivity index (χ2v) is 16.5. The fourth-order valence-electron chi connectivity index (χ4n) is 9.25. The maximum absolute atomic E-state index is 2.37. The molecule has 1 nitrogen and oxygen atoms in total. The zero-order chi connectivity index (χ0) is 43.4. The highest BCUT2D eigenvalue weighted by molar-refractivity contribution is 5.99. The van der Waals surface area contributed by atoms with Crippen molar-refractivity contribution >= 4 is 27.8 Å². The van der Waals surface area contributed by atoms with Gasteiger partial charge in [-0.3, -0.25) is 0 Å². The molecular weight excluding hydrogens is 783 g/mol. The van der Waals surface area contributed by atoms with Crippen LogP contribution in [0.2, 0.25) is 0 Å². The summed E-state index contributed by atoms with van der Waals surface area (Å²) in [5, 5.41) is 2.50. The molecule has 0 spiro atoms. The Morgan fingerprint density at radius 3 is 1.15 bits per heavy atom. The van der Waals surface area contributed by atoms with Crippen LogP contribution in [0.15, 0.2) is 273 Å². The first-order valence-corrected chi connectivity index (χ1v) is 22.3. The molecule has 0 atom stereocenters. The molecule has 0 heterocycles. The van der Waals surface area contributed by atoms with Crippen LogP contribution in [-0.4, -0.2) is 0 Å². The summed E-state index contributed by atoms with van der Waals surface area (Å²) in [6.07, 6.45) is 0. The predicted molar refractivity (Wildman–Crippen MR) is 277 cm³/mol. The summed E-state index contributed by atoms with van der Waals surface area (Å²) in [7, 11) is 0. The molecule has 11 aromatic rings. The van der Waals surface area contributed by atoms with Gasteiger partial charge in [-0.2, -0.15) is 0 Å². The van der Waals surface area contributed by atoms with Crippen LogP contribution in [0.1, 0.15) is 0 Å². The van der Waals surface area contributed by atoms with Crippen molar-refractivity contribution in [1.29, 1.82) is 0 Å². The summed E-state index contributed by atoms with van der Waals surface area (Å²) in [6, 6.07) is 98.8. The Labute approximate surface area is 381 Å². The van der Waals surface area contributed by atoms with Gasteiger partial charge in [0, 0.05) is 17.1 Å². The molecule has 0 bridgehead atoms. The van der Waals surface area contributed by atoms with Gasteiger partial charge in [0.1, 0.15) is 0 Å². The lowest BCUT2D eigenvalue weighted by Gasteiger charge is -2.26. The first-order valence-electron chi connectivity index (χ1n) is 22.3. The Balaban J connectivity index is 0.993. The van der Waals surface area contributed by atoms with Crippen molar-refractivity contribution in [1.82, 2.24) is 0 Å². The Hall–Kier alpha value is -8.52. The summed E-state index contributed by atoms with van der Waals surface area (Å²) >= 11 is 0. The number of anilines is 3. The molecule has 0 aromatic heterocycles. The molecule has 0 fully saturated rings. The second-order valence-electron chi connectivity index (χ2n) is 16.5. The quantitative estimate of drug-likeness (QED) is 0.133. The third-order valence-corrected chi connectivity index (χ3v) is 12.5. The minimum Gasteiger partial charge on any atom is -0.311 e. The molecule has 0 saturated carbocycles. The Morgan fingerprint density at radius 2 is 0.569 bits per heavy atom. The lowest BCUT2D eigenvalue weighted by Crippen LogP contribution is -2.09. The predicted octanol–water partition coefficient (Wildman–Crippen LogP) is 18.0. The summed E-state index contributed by atoms with van der Waals surface area (Å²) in [4.78, 5) is 2.36. The number of rotatable bonds is 10. The average Bonchev–Trinajstić information content (AvgIpc) is 3.40. The SMILES string of the molecule is c1ccc(-c2ccc(N(c3ccc(-c4cccc(-c5cc(-c6ccccc6)cc(-c6ccccc6)c5-c5ccccc5)c4)cc3)c3ccc(-c4cccc5ccccc45)cc3)cc2)cc1. The van der Waals surface area contributed by atoms with E-state index in [0.29, 0.717) is 0 Å². The van der Waals surface area contributed by atoms with E-state index < -0.39 is 0 Å². The van der Waals surface area contributed by atoms with Crippen molar-refractivity contribution in [3.8, 4) is 77.9 Å². The van der Waals surface area contributed by atoms with E-state index in [1.54, 1.807) is 0 Å². The zero-order valence-electron chi connectivity index (χ0n) is 35.9. The van der Waals surface area contributed by atoms with Gasteiger partial charge in [0.25, 0.3) is 0 Å². The topological polar surface area (TPSA) is 3.24 Å². The van der Waals surface area contributed by atoms with Crippen LogP contribution in [-0.2, 0) is 0 Å². The highest BCUT2D eigenvalue weighted by Gasteiger charge is 2.19. The van der Waals surface area contributed by atoms with Crippen molar-refractivity contribution in [3.63, 3.8) is 0 Å². The van der Waals surface area contributed by atoms with E-state index in [9.17, 15) is 0 Å². The van der Waals surface area contributed by atoms with E-state index in [-0.39, 0.29) is 0 Å². The van der Waals surface area contributed by atoms with Gasteiger partial charge in [0.05, 0.1) is 0 Å². The van der Waals surface area contributed by atoms with Crippen LogP contribution in [0.4, 0.5) is 17.1 Å². The number of nitrogens with zero attached hydrogens (tertiary/aromatic N) is 1. The molecule has 1 heteroatoms. The summed E-state index contributed by atoms with van der Waals surface area (Å²) in [6.45, 7) is 0. The lowest BCUT2D eigenvalue weighted by atomic mass is 9.84. The summed E-state index contributed by atoms with van der Waals surface area (Å²) in [5.74, 6) is 0. The van der Waals surface area contributed by atoms with Crippen molar-refractivity contribution in [2.45, 2.75) is 0 Å². The first-order chi connectivity index (χ1) is 32.2. The number of hydrogen-bond acceptors (Lipinski definition) is 1. The van der Waals surface area contributed by atoms with Crippen LogP contribution < -0.4 is 4.90 Å². The summed E-state index contributed by atoms with van der Waals surface area (Å²) in [5.41, 5.74) is 20.0. The van der Waals surface area contributed by atoms with Crippen LogP contribution >= 0.6 is 0 Å². The fourth-order valence-corrected chi connectivity index (χ4v) is 9.25. The van der Waals surface area contributed by atoms with Gasteiger partial charge < -0.3 is 4.90 Å². The Kier molecular flexibility index (Phi) is 10.7. The van der Waals surface area contributed by atoms with E-state index in [1.165, 1.54) is 77.5 Å². The molecule has 0 unspecified atom stereocenters. The lowest BCUT2D eigenvalue weighted by molar-refractivity contribution is 1.28. The van der Waals surface area contributed by atoms with Crippen LogP contribution in [0.5, 0.6) is 0 Å². The molecule has 0 aliphatic heterocycles. The highest BCUT2D eigenvalue weighted by Crippen LogP contribution is 2.45. The maximum atomic E-state index is 2.37. The van der Waals surface area contributed by atoms with E-state index in [1.807, 2.05) is 0 Å². The maximum Gasteiger partial charge on any atom is 0.0462 e. The molecule has 0 radical (unpaired) electrons. The zero-order valence-corrected chi connectivity index (χ0v) is 35.9. The molecule has 0 amide bonds. The van der Waals surface area contributed by atoms with Gasteiger partial charge in [0.2, 0.25) is 0 Å². The van der Waals surface area contributed by atoms with Gasteiger partial charge >= 0.3 is 0 Å². The van der Waals surface area contributed by atoms with Gasteiger partial charge in [0.15, 0.2) is 0 Å². The fraction of sp³-hybridized carbons (Fsp3) is 0. The number of benzene rings is 11. The van der Waals surface area contributed by atoms with E-state index in [0.717, 1.165) is 28.2 Å². The molecule has 0 saturated heterocycles. The Bertz CT molecular complexity index is 3350. The molecule has 306 valence electrons. The third-order valence-electron chi connectivity index (χ3n) is 12.5. The minimum atomic E-state index is 1.09. The van der Waals surface area contributed by atoms with Crippen molar-refractivity contribution < 1.29 is 0 Å². The van der Waals surface area contributed by atoms with E-state index in [4.69, 9.17) is 0 Å². The van der Waals surface area contributed by atoms with Gasteiger partial charge in [-0.05, 0) is 143 Å². The number of hydrogen-bond donors (Lipinski definition) is 0. The van der Waals surface area contributed by atoms with Crippen LogP contribution in [0.25, 0.3) is 88.7 Å². The van der Waals surface area contributed by atoms with E-state index >= 15 is 0 Å². The van der Waals surface area contributed by atoms with Crippen molar-refractivity contribution in [2.75, 3.05) is 4.90 Å². The monoisotopic (exact) mass is 827 g/mol. The minimum absolute atomic E-state index is 1.09. The number of fused-ring (bicyclic) bond motifs is 1. The summed E-state index contributed by atoms with van der Waals surface area (Å²) < 4.78 is 0. The van der Waals surface area contributed by atoms with Gasteiger partial charge in [-0.1, -0.05) is 218 Å². The van der Waals surface area contributed by atoms with Crippen LogP contribution in [0.3, 0.4) is 0 Å². The molecule has 0 aliphatic rings. The smallest absolute Gasteiger partial charge is 0.0462 e. The third kappa shape index (κ3) is 8.04.